The zero-order chi connectivity index (χ0) is 12.3. The molecule has 94 valence electrons. The molecule has 0 aliphatic carbocycles. The highest BCUT2D eigenvalue weighted by Gasteiger charge is 2.42. The number of nitrogens with zero attached hydrogens (tertiary/aromatic N) is 1. The Balaban J connectivity index is 2.56. The van der Waals surface area contributed by atoms with E-state index in [1.165, 1.54) is 0 Å². The van der Waals surface area contributed by atoms with Crippen molar-refractivity contribution >= 4 is 28.0 Å². The summed E-state index contributed by atoms with van der Waals surface area (Å²) < 4.78 is 48.7. The SMILES string of the molecule is NC(=S)C(CN1CCS(=O)CC1)C(F)(F)F. The summed E-state index contributed by atoms with van der Waals surface area (Å²) in [5.74, 6) is -0.932. The Hall–Kier alpha value is -0.210. The third-order valence-corrected chi connectivity index (χ3v) is 4.01. The molecule has 0 aromatic carbocycles. The molecule has 0 aromatic rings. The molecule has 0 saturated carbocycles. The van der Waals surface area contributed by atoms with Crippen molar-refractivity contribution in [2.24, 2.45) is 11.7 Å². The van der Waals surface area contributed by atoms with E-state index in [1.807, 2.05) is 0 Å². The highest BCUT2D eigenvalue weighted by Crippen LogP contribution is 2.27. The van der Waals surface area contributed by atoms with Crippen LogP contribution in [-0.2, 0) is 10.8 Å². The van der Waals surface area contributed by atoms with Gasteiger partial charge in [0.15, 0.2) is 0 Å². The van der Waals surface area contributed by atoms with Crippen molar-refractivity contribution in [3.8, 4) is 0 Å². The molecular weight excluding hydrogens is 261 g/mol. The van der Waals surface area contributed by atoms with Crippen molar-refractivity contribution in [2.45, 2.75) is 6.18 Å². The molecule has 1 atom stereocenters. The minimum Gasteiger partial charge on any atom is -0.393 e. The highest BCUT2D eigenvalue weighted by atomic mass is 32.2. The van der Waals surface area contributed by atoms with Crippen LogP contribution in [0.25, 0.3) is 0 Å². The van der Waals surface area contributed by atoms with Crippen LogP contribution in [0.4, 0.5) is 13.2 Å². The smallest absolute Gasteiger partial charge is 0.393 e. The monoisotopic (exact) mass is 274 g/mol. The normalized spacial score (nSPS) is 21.9. The van der Waals surface area contributed by atoms with Crippen molar-refractivity contribution < 1.29 is 17.4 Å². The quantitative estimate of drug-likeness (QED) is 0.762. The minimum absolute atomic E-state index is 0.226. The average molecular weight is 274 g/mol. The fourth-order valence-corrected chi connectivity index (χ4v) is 2.81. The molecule has 1 saturated heterocycles. The van der Waals surface area contributed by atoms with Gasteiger partial charge in [0.25, 0.3) is 0 Å². The maximum Gasteiger partial charge on any atom is 0.399 e. The third-order valence-electron chi connectivity index (χ3n) is 2.45. The van der Waals surface area contributed by atoms with Gasteiger partial charge in [-0.2, -0.15) is 13.2 Å². The first-order chi connectivity index (χ1) is 7.30. The van der Waals surface area contributed by atoms with E-state index in [2.05, 4.69) is 12.2 Å². The summed E-state index contributed by atoms with van der Waals surface area (Å²) in [6, 6.07) is 0. The summed E-state index contributed by atoms with van der Waals surface area (Å²) in [6.45, 7) is 0.583. The molecule has 0 spiro atoms. The Morgan fingerprint density at radius 3 is 2.31 bits per heavy atom. The lowest BCUT2D eigenvalue weighted by Gasteiger charge is -2.30. The van der Waals surface area contributed by atoms with Crippen LogP contribution in [0.3, 0.4) is 0 Å². The fourth-order valence-electron chi connectivity index (χ4n) is 1.47. The number of hydrogen-bond acceptors (Lipinski definition) is 3. The van der Waals surface area contributed by atoms with E-state index in [9.17, 15) is 17.4 Å². The molecule has 0 amide bonds. The zero-order valence-electron chi connectivity index (χ0n) is 8.50. The molecular formula is C8H13F3N2OS2. The Morgan fingerprint density at radius 2 is 1.94 bits per heavy atom. The molecule has 1 heterocycles. The van der Waals surface area contributed by atoms with Crippen LogP contribution in [-0.4, -0.2) is 51.4 Å². The lowest BCUT2D eigenvalue weighted by molar-refractivity contribution is -0.159. The second-order valence-corrected chi connectivity index (χ2v) is 5.81. The maximum atomic E-state index is 12.5. The molecule has 1 unspecified atom stereocenters. The largest absolute Gasteiger partial charge is 0.399 e. The molecule has 3 nitrogen and oxygen atoms in total. The predicted molar refractivity (Wildman–Crippen MR) is 60.6 cm³/mol. The van der Waals surface area contributed by atoms with Gasteiger partial charge in [-0.05, 0) is 0 Å². The van der Waals surface area contributed by atoms with Gasteiger partial charge in [-0.3, -0.25) is 4.21 Å². The second-order valence-electron chi connectivity index (χ2n) is 3.65. The van der Waals surface area contributed by atoms with Gasteiger partial charge in [-0.1, -0.05) is 12.2 Å². The van der Waals surface area contributed by atoms with E-state index >= 15 is 0 Å². The Bertz CT molecular complexity index is 285. The first-order valence-corrected chi connectivity index (χ1v) is 6.63. The van der Waals surface area contributed by atoms with Crippen molar-refractivity contribution in [2.75, 3.05) is 31.1 Å². The van der Waals surface area contributed by atoms with Crippen LogP contribution in [0.15, 0.2) is 0 Å². The number of nitrogens with two attached hydrogens (primary N) is 1. The van der Waals surface area contributed by atoms with E-state index in [4.69, 9.17) is 5.73 Å². The van der Waals surface area contributed by atoms with E-state index in [0.29, 0.717) is 24.6 Å². The minimum atomic E-state index is -4.40. The fraction of sp³-hybridized carbons (Fsp3) is 0.875. The Kier molecular flexibility index (Phi) is 4.69. The third kappa shape index (κ3) is 3.99. The van der Waals surface area contributed by atoms with Crippen molar-refractivity contribution in [1.29, 1.82) is 0 Å². The van der Waals surface area contributed by atoms with Crippen LogP contribution in [0.5, 0.6) is 0 Å². The summed E-state index contributed by atoms with van der Waals surface area (Å²) >= 11 is 4.43. The molecule has 1 aliphatic rings. The molecule has 1 fully saturated rings. The van der Waals surface area contributed by atoms with Gasteiger partial charge in [0.1, 0.15) is 5.92 Å². The van der Waals surface area contributed by atoms with Crippen molar-refractivity contribution in [1.82, 2.24) is 4.90 Å². The predicted octanol–water partition coefficient (Wildman–Crippen LogP) is 0.515. The lowest BCUT2D eigenvalue weighted by atomic mass is 10.1. The van der Waals surface area contributed by atoms with Gasteiger partial charge in [-0.15, -0.1) is 0 Å². The van der Waals surface area contributed by atoms with Crippen LogP contribution in [0, 0.1) is 5.92 Å². The Morgan fingerprint density at radius 1 is 1.44 bits per heavy atom. The number of halogens is 3. The molecule has 16 heavy (non-hydrogen) atoms. The Labute approximate surface area is 99.6 Å². The maximum absolute atomic E-state index is 12.5. The number of hydrogen-bond donors (Lipinski definition) is 1. The summed E-state index contributed by atoms with van der Waals surface area (Å²) in [6.07, 6.45) is -4.40. The van der Waals surface area contributed by atoms with E-state index < -0.39 is 27.9 Å². The molecule has 0 bridgehead atoms. The summed E-state index contributed by atoms with van der Waals surface area (Å²) in [7, 11) is -0.895. The molecule has 2 N–H and O–H groups in total. The molecule has 8 heteroatoms. The van der Waals surface area contributed by atoms with E-state index in [-0.39, 0.29) is 6.54 Å². The second kappa shape index (κ2) is 5.42. The van der Waals surface area contributed by atoms with Gasteiger partial charge in [0, 0.05) is 41.9 Å². The molecule has 0 radical (unpaired) electrons. The molecule has 1 rings (SSSR count). The van der Waals surface area contributed by atoms with Gasteiger partial charge >= 0.3 is 6.18 Å². The summed E-state index contributed by atoms with van der Waals surface area (Å²) in [5.41, 5.74) is 5.09. The van der Waals surface area contributed by atoms with Crippen LogP contribution in [0.1, 0.15) is 0 Å². The van der Waals surface area contributed by atoms with E-state index in [1.54, 1.807) is 4.90 Å². The van der Waals surface area contributed by atoms with Crippen LogP contribution < -0.4 is 5.73 Å². The standard InChI is InChI=1S/C8H13F3N2OS2/c9-8(10,11)6(7(12)15)5-13-1-3-16(14)4-2-13/h6H,1-5H2,(H2,12,15). The van der Waals surface area contributed by atoms with Crippen molar-refractivity contribution in [3.63, 3.8) is 0 Å². The first kappa shape index (κ1) is 13.9. The van der Waals surface area contributed by atoms with Crippen LogP contribution in [0.2, 0.25) is 0 Å². The lowest BCUT2D eigenvalue weighted by Crippen LogP contribution is -2.47. The van der Waals surface area contributed by atoms with Crippen molar-refractivity contribution in [3.05, 3.63) is 0 Å². The molecule has 0 aromatic heterocycles. The topological polar surface area (TPSA) is 46.3 Å². The van der Waals surface area contributed by atoms with E-state index in [0.717, 1.165) is 0 Å². The highest BCUT2D eigenvalue weighted by molar-refractivity contribution is 7.85. The van der Waals surface area contributed by atoms with Crippen LogP contribution >= 0.6 is 12.2 Å². The first-order valence-electron chi connectivity index (χ1n) is 4.74. The van der Waals surface area contributed by atoms with Gasteiger partial charge in [-0.25, -0.2) is 0 Å². The molecule has 1 aliphatic heterocycles. The number of thiocarbonyl (C=S) groups is 1. The number of rotatable bonds is 3. The van der Waals surface area contributed by atoms with Gasteiger partial charge in [0.05, 0.1) is 4.99 Å². The average Bonchev–Trinajstić information content (AvgIpc) is 2.14. The van der Waals surface area contributed by atoms with Gasteiger partial charge < -0.3 is 10.6 Å². The number of alkyl halides is 3. The van der Waals surface area contributed by atoms with Gasteiger partial charge in [0.2, 0.25) is 0 Å². The summed E-state index contributed by atoms with van der Waals surface area (Å²) in [4.78, 5) is 1.08. The summed E-state index contributed by atoms with van der Waals surface area (Å²) in [5, 5.41) is 0. The zero-order valence-corrected chi connectivity index (χ0v) is 10.1.